The van der Waals surface area contributed by atoms with E-state index in [0.29, 0.717) is 12.0 Å². The predicted molar refractivity (Wildman–Crippen MR) is 71.3 cm³/mol. The largest absolute Gasteiger partial charge is 0.381 e. The number of hydrogen-bond acceptors (Lipinski definition) is 3. The maximum atomic E-state index is 5.80. The van der Waals surface area contributed by atoms with Crippen molar-refractivity contribution in [3.63, 3.8) is 0 Å². The molecule has 3 nitrogen and oxygen atoms in total. The quantitative estimate of drug-likeness (QED) is 0.778. The zero-order valence-electron chi connectivity index (χ0n) is 11.9. The van der Waals surface area contributed by atoms with Gasteiger partial charge in [-0.25, -0.2) is 0 Å². The minimum Gasteiger partial charge on any atom is -0.381 e. The third-order valence-corrected chi connectivity index (χ3v) is 3.15. The average molecular weight is 243 g/mol. The van der Waals surface area contributed by atoms with E-state index in [1.165, 1.54) is 6.42 Å². The van der Waals surface area contributed by atoms with Crippen LogP contribution < -0.4 is 5.32 Å². The summed E-state index contributed by atoms with van der Waals surface area (Å²) in [6.45, 7) is 12.3. The van der Waals surface area contributed by atoms with E-state index >= 15 is 0 Å². The Hall–Kier alpha value is -0.120. The van der Waals surface area contributed by atoms with Gasteiger partial charge >= 0.3 is 0 Å². The molecule has 0 bridgehead atoms. The molecule has 0 spiro atoms. The Kier molecular flexibility index (Phi) is 6.45. The zero-order valence-corrected chi connectivity index (χ0v) is 11.9. The second-order valence-corrected chi connectivity index (χ2v) is 5.93. The Morgan fingerprint density at radius 3 is 2.76 bits per heavy atom. The van der Waals surface area contributed by atoms with Crippen LogP contribution in [0.1, 0.15) is 47.0 Å². The van der Waals surface area contributed by atoms with Gasteiger partial charge in [-0.2, -0.15) is 0 Å². The highest BCUT2D eigenvalue weighted by molar-refractivity contribution is 4.79. The first-order chi connectivity index (χ1) is 8.03. The van der Waals surface area contributed by atoms with E-state index in [-0.39, 0.29) is 5.60 Å². The highest BCUT2D eigenvalue weighted by Gasteiger charge is 2.25. The van der Waals surface area contributed by atoms with E-state index in [4.69, 9.17) is 9.47 Å². The van der Waals surface area contributed by atoms with Crippen LogP contribution in [0.4, 0.5) is 0 Å². The molecule has 0 aliphatic carbocycles. The highest BCUT2D eigenvalue weighted by atomic mass is 16.5. The first-order valence-corrected chi connectivity index (χ1v) is 6.98. The lowest BCUT2D eigenvalue weighted by atomic mass is 9.92. The molecule has 1 rings (SSSR count). The molecule has 2 atom stereocenters. The van der Waals surface area contributed by atoms with Gasteiger partial charge in [0.1, 0.15) is 0 Å². The van der Waals surface area contributed by atoms with Crippen LogP contribution in [0.5, 0.6) is 0 Å². The van der Waals surface area contributed by atoms with Crippen LogP contribution in [0.15, 0.2) is 0 Å². The molecule has 0 aromatic carbocycles. The molecule has 0 aromatic heterocycles. The second-order valence-electron chi connectivity index (χ2n) is 5.93. The van der Waals surface area contributed by atoms with Crippen molar-refractivity contribution >= 4 is 0 Å². The monoisotopic (exact) mass is 243 g/mol. The Morgan fingerprint density at radius 2 is 2.12 bits per heavy atom. The van der Waals surface area contributed by atoms with Crippen molar-refractivity contribution in [3.8, 4) is 0 Å². The van der Waals surface area contributed by atoms with Crippen molar-refractivity contribution in [2.45, 2.75) is 58.6 Å². The van der Waals surface area contributed by atoms with Crippen LogP contribution in [-0.4, -0.2) is 38.0 Å². The first kappa shape index (κ1) is 14.9. The summed E-state index contributed by atoms with van der Waals surface area (Å²) in [6.07, 6.45) is 3.43. The molecule has 2 unspecified atom stereocenters. The van der Waals surface area contributed by atoms with Gasteiger partial charge in [0.25, 0.3) is 0 Å². The first-order valence-electron chi connectivity index (χ1n) is 6.98. The van der Waals surface area contributed by atoms with Crippen molar-refractivity contribution in [3.05, 3.63) is 0 Å². The van der Waals surface area contributed by atoms with E-state index in [2.05, 4.69) is 33.0 Å². The number of nitrogens with one attached hydrogen (secondary N) is 1. The lowest BCUT2D eigenvalue weighted by Gasteiger charge is -2.33. The minimum atomic E-state index is -0.0259. The van der Waals surface area contributed by atoms with Crippen molar-refractivity contribution in [2.75, 3.05) is 26.4 Å². The fourth-order valence-electron chi connectivity index (χ4n) is 2.20. The molecule has 1 fully saturated rings. The third-order valence-electron chi connectivity index (χ3n) is 3.15. The number of ether oxygens (including phenoxy) is 2. The summed E-state index contributed by atoms with van der Waals surface area (Å²) >= 11 is 0. The molecule has 3 heteroatoms. The molecule has 1 aliphatic rings. The average Bonchev–Trinajstić information content (AvgIpc) is 2.26. The topological polar surface area (TPSA) is 30.5 Å². The van der Waals surface area contributed by atoms with Gasteiger partial charge in [0.2, 0.25) is 0 Å². The van der Waals surface area contributed by atoms with Gasteiger partial charge < -0.3 is 14.8 Å². The Morgan fingerprint density at radius 1 is 1.35 bits per heavy atom. The summed E-state index contributed by atoms with van der Waals surface area (Å²) in [5.41, 5.74) is -0.0259. The Bertz CT molecular complexity index is 201. The molecule has 0 aromatic rings. The SMILES string of the molecule is CCCNC1CCOCC1CCOC(C)(C)C. The van der Waals surface area contributed by atoms with Crippen molar-refractivity contribution in [1.29, 1.82) is 0 Å². The van der Waals surface area contributed by atoms with Gasteiger partial charge in [-0.15, -0.1) is 0 Å². The van der Waals surface area contributed by atoms with Crippen LogP contribution >= 0.6 is 0 Å². The summed E-state index contributed by atoms with van der Waals surface area (Å²) in [4.78, 5) is 0. The molecular weight excluding hydrogens is 214 g/mol. The van der Waals surface area contributed by atoms with Crippen LogP contribution in [0.2, 0.25) is 0 Å². The molecule has 1 heterocycles. The van der Waals surface area contributed by atoms with Crippen LogP contribution in [0.3, 0.4) is 0 Å². The highest BCUT2D eigenvalue weighted by Crippen LogP contribution is 2.19. The maximum Gasteiger partial charge on any atom is 0.0598 e. The summed E-state index contributed by atoms with van der Waals surface area (Å²) < 4.78 is 11.4. The molecule has 102 valence electrons. The third kappa shape index (κ3) is 6.39. The normalized spacial score (nSPS) is 26.1. The van der Waals surface area contributed by atoms with Gasteiger partial charge in [-0.05, 0) is 52.5 Å². The van der Waals surface area contributed by atoms with E-state index in [0.717, 1.165) is 39.2 Å². The zero-order chi connectivity index (χ0) is 12.7. The lowest BCUT2D eigenvalue weighted by Crippen LogP contribution is -2.43. The Balaban J connectivity index is 2.27. The summed E-state index contributed by atoms with van der Waals surface area (Å²) in [5.74, 6) is 0.609. The smallest absolute Gasteiger partial charge is 0.0598 e. The molecular formula is C14H29NO2. The molecule has 0 amide bonds. The molecule has 0 radical (unpaired) electrons. The molecule has 1 aliphatic heterocycles. The van der Waals surface area contributed by atoms with Gasteiger partial charge in [-0.3, -0.25) is 0 Å². The van der Waals surface area contributed by atoms with E-state index in [1.54, 1.807) is 0 Å². The summed E-state index contributed by atoms with van der Waals surface area (Å²) in [7, 11) is 0. The number of rotatable bonds is 6. The van der Waals surface area contributed by atoms with Crippen LogP contribution in [-0.2, 0) is 9.47 Å². The molecule has 1 saturated heterocycles. The lowest BCUT2D eigenvalue weighted by molar-refractivity contribution is -0.0298. The summed E-state index contributed by atoms with van der Waals surface area (Å²) in [6, 6.07) is 0.618. The molecule has 1 N–H and O–H groups in total. The van der Waals surface area contributed by atoms with E-state index in [9.17, 15) is 0 Å². The van der Waals surface area contributed by atoms with E-state index in [1.807, 2.05) is 0 Å². The van der Waals surface area contributed by atoms with Gasteiger partial charge in [0.05, 0.1) is 12.2 Å². The minimum absolute atomic E-state index is 0.0259. The second kappa shape index (κ2) is 7.34. The maximum absolute atomic E-state index is 5.80. The van der Waals surface area contributed by atoms with Gasteiger partial charge in [0, 0.05) is 19.3 Å². The van der Waals surface area contributed by atoms with E-state index < -0.39 is 0 Å². The van der Waals surface area contributed by atoms with Crippen LogP contribution in [0.25, 0.3) is 0 Å². The molecule has 17 heavy (non-hydrogen) atoms. The fourth-order valence-corrected chi connectivity index (χ4v) is 2.20. The van der Waals surface area contributed by atoms with Crippen molar-refractivity contribution in [1.82, 2.24) is 5.32 Å². The molecule has 0 saturated carbocycles. The standard InChI is InChI=1S/C14H29NO2/c1-5-8-15-13-7-9-16-11-12(13)6-10-17-14(2,3)4/h12-13,15H,5-11H2,1-4H3. The van der Waals surface area contributed by atoms with Gasteiger partial charge in [-0.1, -0.05) is 6.92 Å². The fraction of sp³-hybridized carbons (Fsp3) is 1.00. The Labute approximate surface area is 106 Å². The van der Waals surface area contributed by atoms with Crippen molar-refractivity contribution < 1.29 is 9.47 Å². The summed E-state index contributed by atoms with van der Waals surface area (Å²) in [5, 5.41) is 3.63. The van der Waals surface area contributed by atoms with Crippen molar-refractivity contribution in [2.24, 2.45) is 5.92 Å². The number of hydrogen-bond donors (Lipinski definition) is 1. The van der Waals surface area contributed by atoms with Crippen LogP contribution in [0, 0.1) is 5.92 Å². The van der Waals surface area contributed by atoms with Gasteiger partial charge in [0.15, 0.2) is 0 Å². The predicted octanol–water partition coefficient (Wildman–Crippen LogP) is 2.60.